The van der Waals surface area contributed by atoms with Crippen molar-refractivity contribution in [2.24, 2.45) is 0 Å². The van der Waals surface area contributed by atoms with Crippen LogP contribution in [-0.2, 0) is 37.4 Å². The van der Waals surface area contributed by atoms with Crippen LogP contribution in [0.15, 0.2) is 89.8 Å². The van der Waals surface area contributed by atoms with Crippen LogP contribution in [0.4, 0.5) is 4.79 Å². The Hall–Kier alpha value is -3.85. The molecule has 9 heteroatoms. The van der Waals surface area contributed by atoms with E-state index in [0.29, 0.717) is 5.56 Å². The van der Waals surface area contributed by atoms with Gasteiger partial charge in [0.2, 0.25) is 0 Å². The molecule has 1 N–H and O–H groups in total. The SMILES string of the molecule is CCOC(=O)[C@H](Cc1cccc(OS(=O)(=O)c2ccccc2)c1)NC(=O)OCc1ccccc1. The van der Waals surface area contributed by atoms with Crippen molar-refractivity contribution in [3.05, 3.63) is 96.1 Å². The normalized spacial score (nSPS) is 11.8. The summed E-state index contributed by atoms with van der Waals surface area (Å²) in [5.74, 6) is -0.557. The third-order valence-electron chi connectivity index (χ3n) is 4.65. The molecule has 1 atom stereocenters. The van der Waals surface area contributed by atoms with Crippen molar-refractivity contribution in [1.82, 2.24) is 5.32 Å². The molecule has 0 aromatic heterocycles. The highest BCUT2D eigenvalue weighted by molar-refractivity contribution is 7.87. The number of hydrogen-bond acceptors (Lipinski definition) is 7. The minimum Gasteiger partial charge on any atom is -0.464 e. The Labute approximate surface area is 198 Å². The van der Waals surface area contributed by atoms with E-state index in [2.05, 4.69) is 5.32 Å². The number of carbonyl (C=O) groups is 2. The number of carbonyl (C=O) groups excluding carboxylic acids is 2. The highest BCUT2D eigenvalue weighted by Crippen LogP contribution is 2.20. The van der Waals surface area contributed by atoms with E-state index in [1.54, 1.807) is 37.3 Å². The first-order chi connectivity index (χ1) is 16.4. The molecule has 0 saturated carbocycles. The number of rotatable bonds is 10. The van der Waals surface area contributed by atoms with Crippen LogP contribution in [0, 0.1) is 0 Å². The molecular weight excluding hydrogens is 458 g/mol. The molecule has 0 aliphatic rings. The molecule has 0 aliphatic carbocycles. The van der Waals surface area contributed by atoms with Crippen LogP contribution in [0.3, 0.4) is 0 Å². The molecule has 0 heterocycles. The molecule has 0 spiro atoms. The summed E-state index contributed by atoms with van der Waals surface area (Å²) in [5, 5.41) is 2.52. The minimum absolute atomic E-state index is 0.0210. The quantitative estimate of drug-likeness (QED) is 0.345. The van der Waals surface area contributed by atoms with Crippen molar-refractivity contribution in [2.75, 3.05) is 6.61 Å². The summed E-state index contributed by atoms with van der Waals surface area (Å²) < 4.78 is 40.5. The smallest absolute Gasteiger partial charge is 0.408 e. The van der Waals surface area contributed by atoms with Gasteiger partial charge in [-0.05, 0) is 42.3 Å². The van der Waals surface area contributed by atoms with E-state index in [1.807, 2.05) is 30.3 Å². The van der Waals surface area contributed by atoms with Crippen LogP contribution in [0.2, 0.25) is 0 Å². The molecule has 178 valence electrons. The Balaban J connectivity index is 1.68. The number of hydrogen-bond donors (Lipinski definition) is 1. The van der Waals surface area contributed by atoms with E-state index in [4.69, 9.17) is 13.7 Å². The molecule has 0 fully saturated rings. The standard InChI is InChI=1S/C25H25NO7S/c1-2-31-24(27)23(26-25(28)32-18-19-10-5-3-6-11-19)17-20-12-9-13-21(16-20)33-34(29,30)22-14-7-4-8-15-22/h3-16,23H,2,17-18H2,1H3,(H,26,28)/t23-/m0/s1. The van der Waals surface area contributed by atoms with Gasteiger partial charge in [0.25, 0.3) is 0 Å². The maximum atomic E-state index is 12.5. The van der Waals surface area contributed by atoms with Crippen LogP contribution >= 0.6 is 0 Å². The Bertz CT molecular complexity index is 1200. The van der Waals surface area contributed by atoms with E-state index < -0.39 is 28.2 Å². The predicted octanol–water partition coefficient (Wildman–Crippen LogP) is 3.85. The first-order valence-corrected chi connectivity index (χ1v) is 12.0. The Morgan fingerprint density at radius 3 is 2.18 bits per heavy atom. The van der Waals surface area contributed by atoms with Gasteiger partial charge in [0.15, 0.2) is 0 Å². The average Bonchev–Trinajstić information content (AvgIpc) is 2.84. The molecule has 0 bridgehead atoms. The first kappa shape index (κ1) is 24.8. The zero-order valence-electron chi connectivity index (χ0n) is 18.5. The third-order valence-corrected chi connectivity index (χ3v) is 5.91. The number of nitrogens with one attached hydrogen (secondary N) is 1. The Morgan fingerprint density at radius 1 is 0.853 bits per heavy atom. The summed E-state index contributed by atoms with van der Waals surface area (Å²) in [6, 6.07) is 22.1. The minimum atomic E-state index is -4.02. The highest BCUT2D eigenvalue weighted by Gasteiger charge is 2.24. The molecule has 8 nitrogen and oxygen atoms in total. The third kappa shape index (κ3) is 7.35. The molecule has 0 radical (unpaired) electrons. The molecule has 34 heavy (non-hydrogen) atoms. The number of benzene rings is 3. The maximum absolute atomic E-state index is 12.5. The maximum Gasteiger partial charge on any atom is 0.408 e. The van der Waals surface area contributed by atoms with Gasteiger partial charge < -0.3 is 19.0 Å². The fourth-order valence-electron chi connectivity index (χ4n) is 3.07. The van der Waals surface area contributed by atoms with Crippen molar-refractivity contribution < 1.29 is 31.7 Å². The fraction of sp³-hybridized carbons (Fsp3) is 0.200. The van der Waals surface area contributed by atoms with E-state index in [9.17, 15) is 18.0 Å². The van der Waals surface area contributed by atoms with E-state index in [-0.39, 0.29) is 30.3 Å². The monoisotopic (exact) mass is 483 g/mol. The number of alkyl carbamates (subject to hydrolysis) is 1. The topological polar surface area (TPSA) is 108 Å². The lowest BCUT2D eigenvalue weighted by Crippen LogP contribution is -2.43. The lowest BCUT2D eigenvalue weighted by Gasteiger charge is -2.18. The molecule has 1 amide bonds. The van der Waals surface area contributed by atoms with Crippen LogP contribution < -0.4 is 9.50 Å². The van der Waals surface area contributed by atoms with Crippen LogP contribution in [-0.4, -0.2) is 33.1 Å². The molecule has 3 rings (SSSR count). The molecule has 3 aromatic rings. The van der Waals surface area contributed by atoms with Gasteiger partial charge >= 0.3 is 22.2 Å². The van der Waals surface area contributed by atoms with Gasteiger partial charge in [-0.3, -0.25) is 0 Å². The molecule has 3 aromatic carbocycles. The van der Waals surface area contributed by atoms with Crippen LogP contribution in [0.5, 0.6) is 5.75 Å². The second-order valence-electron chi connectivity index (χ2n) is 7.21. The van der Waals surface area contributed by atoms with Crippen molar-refractivity contribution in [3.63, 3.8) is 0 Å². The predicted molar refractivity (Wildman–Crippen MR) is 125 cm³/mol. The number of ether oxygens (including phenoxy) is 2. The fourth-order valence-corrected chi connectivity index (χ4v) is 4.01. The van der Waals surface area contributed by atoms with Gasteiger partial charge in [-0.15, -0.1) is 0 Å². The van der Waals surface area contributed by atoms with E-state index >= 15 is 0 Å². The lowest BCUT2D eigenvalue weighted by atomic mass is 10.1. The van der Waals surface area contributed by atoms with Crippen molar-refractivity contribution in [1.29, 1.82) is 0 Å². The van der Waals surface area contributed by atoms with Gasteiger partial charge in [0.1, 0.15) is 23.3 Å². The molecule has 0 unspecified atom stereocenters. The number of amides is 1. The van der Waals surface area contributed by atoms with Gasteiger partial charge in [-0.1, -0.05) is 60.7 Å². The van der Waals surface area contributed by atoms with Crippen LogP contribution in [0.25, 0.3) is 0 Å². The van der Waals surface area contributed by atoms with Crippen molar-refractivity contribution in [3.8, 4) is 5.75 Å². The second kappa shape index (κ2) is 11.9. The summed E-state index contributed by atoms with van der Waals surface area (Å²) in [5.41, 5.74) is 1.36. The summed E-state index contributed by atoms with van der Waals surface area (Å²) >= 11 is 0. The lowest BCUT2D eigenvalue weighted by molar-refractivity contribution is -0.145. The average molecular weight is 484 g/mol. The largest absolute Gasteiger partial charge is 0.464 e. The second-order valence-corrected chi connectivity index (χ2v) is 8.76. The van der Waals surface area contributed by atoms with Gasteiger partial charge in [-0.2, -0.15) is 8.42 Å². The Kier molecular flexibility index (Phi) is 8.64. The van der Waals surface area contributed by atoms with E-state index in [0.717, 1.165) is 5.56 Å². The molecule has 0 aliphatic heterocycles. The zero-order valence-corrected chi connectivity index (χ0v) is 19.4. The Morgan fingerprint density at radius 2 is 1.50 bits per heavy atom. The summed E-state index contributed by atoms with van der Waals surface area (Å²) in [4.78, 5) is 24.7. The van der Waals surface area contributed by atoms with Crippen molar-refractivity contribution in [2.45, 2.75) is 30.9 Å². The van der Waals surface area contributed by atoms with Crippen molar-refractivity contribution >= 4 is 22.2 Å². The van der Waals surface area contributed by atoms with Gasteiger partial charge in [0, 0.05) is 6.42 Å². The van der Waals surface area contributed by atoms with Gasteiger partial charge in [-0.25, -0.2) is 9.59 Å². The summed E-state index contributed by atoms with van der Waals surface area (Å²) in [6.45, 7) is 1.84. The van der Waals surface area contributed by atoms with Crippen LogP contribution in [0.1, 0.15) is 18.1 Å². The summed E-state index contributed by atoms with van der Waals surface area (Å²) in [6.07, 6.45) is -0.733. The molecule has 0 saturated heterocycles. The first-order valence-electron chi connectivity index (χ1n) is 10.6. The van der Waals surface area contributed by atoms with Gasteiger partial charge in [0.05, 0.1) is 6.61 Å². The molecular formula is C25H25NO7S. The number of esters is 1. The highest BCUT2D eigenvalue weighted by atomic mass is 32.2. The summed E-state index contributed by atoms with van der Waals surface area (Å²) in [7, 11) is -4.02. The van der Waals surface area contributed by atoms with E-state index in [1.165, 1.54) is 24.3 Å². The zero-order chi connectivity index (χ0) is 24.4.